The van der Waals surface area contributed by atoms with E-state index in [1.165, 1.54) is 6.07 Å². The first-order valence-electron chi connectivity index (χ1n) is 4.00. The third kappa shape index (κ3) is 3.28. The molecule has 0 amide bonds. The van der Waals surface area contributed by atoms with E-state index < -0.39 is 0 Å². The minimum Gasteiger partial charge on any atom is -0.316 e. The van der Waals surface area contributed by atoms with Crippen molar-refractivity contribution in [3.63, 3.8) is 0 Å². The van der Waals surface area contributed by atoms with Gasteiger partial charge in [0.2, 0.25) is 0 Å². The number of halogens is 2. The van der Waals surface area contributed by atoms with Gasteiger partial charge in [-0.05, 0) is 40.7 Å². The molecule has 0 spiro atoms. The van der Waals surface area contributed by atoms with Crippen molar-refractivity contribution in [3.8, 4) is 0 Å². The maximum Gasteiger partial charge on any atom is 0.137 e. The third-order valence-corrected chi connectivity index (χ3v) is 2.22. The van der Waals surface area contributed by atoms with E-state index in [1.54, 1.807) is 6.07 Å². The van der Waals surface area contributed by atoms with Gasteiger partial charge in [0.15, 0.2) is 0 Å². The molecule has 13 heavy (non-hydrogen) atoms. The van der Waals surface area contributed by atoms with E-state index in [0.717, 1.165) is 12.1 Å². The van der Waals surface area contributed by atoms with Crippen molar-refractivity contribution in [1.82, 2.24) is 5.32 Å². The zero-order valence-electron chi connectivity index (χ0n) is 7.35. The largest absolute Gasteiger partial charge is 0.316 e. The number of benzene rings is 1. The van der Waals surface area contributed by atoms with Gasteiger partial charge >= 0.3 is 0 Å². The fourth-order valence-corrected chi connectivity index (χ4v) is 1.18. The molecule has 3 heteroatoms. The van der Waals surface area contributed by atoms with E-state index in [1.807, 2.05) is 25.3 Å². The zero-order valence-corrected chi connectivity index (χ0v) is 8.94. The lowest BCUT2D eigenvalue weighted by atomic mass is 10.2. The SMILES string of the molecule is CNCC=Cc1ccc(Br)c(F)c1. The van der Waals surface area contributed by atoms with E-state index in [2.05, 4.69) is 21.2 Å². The van der Waals surface area contributed by atoms with Crippen LogP contribution in [0.4, 0.5) is 4.39 Å². The maximum atomic E-state index is 13.0. The Morgan fingerprint density at radius 3 is 2.92 bits per heavy atom. The van der Waals surface area contributed by atoms with Crippen molar-refractivity contribution in [1.29, 1.82) is 0 Å². The Hall–Kier alpha value is -0.670. The molecule has 0 unspecified atom stereocenters. The monoisotopic (exact) mass is 243 g/mol. The maximum absolute atomic E-state index is 13.0. The van der Waals surface area contributed by atoms with Crippen LogP contribution in [0.15, 0.2) is 28.7 Å². The number of rotatable bonds is 3. The van der Waals surface area contributed by atoms with E-state index >= 15 is 0 Å². The fraction of sp³-hybridized carbons (Fsp3) is 0.200. The lowest BCUT2D eigenvalue weighted by molar-refractivity contribution is 0.621. The summed E-state index contributed by atoms with van der Waals surface area (Å²) < 4.78 is 13.5. The van der Waals surface area contributed by atoms with E-state index in [9.17, 15) is 4.39 Å². The molecular formula is C10H11BrFN. The standard InChI is InChI=1S/C10H11BrFN/c1-13-6-2-3-8-4-5-9(11)10(12)7-8/h2-5,7,13H,6H2,1H3. The van der Waals surface area contributed by atoms with E-state index in [4.69, 9.17) is 0 Å². The number of likely N-dealkylation sites (N-methyl/N-ethyl adjacent to an activating group) is 1. The molecule has 0 aromatic heterocycles. The predicted octanol–water partition coefficient (Wildman–Crippen LogP) is 2.82. The quantitative estimate of drug-likeness (QED) is 0.862. The lowest BCUT2D eigenvalue weighted by Gasteiger charge is -1.96. The average molecular weight is 244 g/mol. The summed E-state index contributed by atoms with van der Waals surface area (Å²) in [5.74, 6) is -0.230. The van der Waals surface area contributed by atoms with Gasteiger partial charge in [-0.2, -0.15) is 0 Å². The molecule has 0 aliphatic rings. The van der Waals surface area contributed by atoms with Crippen molar-refractivity contribution in [3.05, 3.63) is 40.1 Å². The Balaban J connectivity index is 2.73. The molecule has 0 aliphatic carbocycles. The molecule has 0 heterocycles. The summed E-state index contributed by atoms with van der Waals surface area (Å²) in [4.78, 5) is 0. The first-order valence-corrected chi connectivity index (χ1v) is 4.79. The van der Waals surface area contributed by atoms with Crippen LogP contribution >= 0.6 is 15.9 Å². The lowest BCUT2D eigenvalue weighted by Crippen LogP contribution is -2.03. The summed E-state index contributed by atoms with van der Waals surface area (Å²) in [5.41, 5.74) is 0.871. The number of hydrogen-bond acceptors (Lipinski definition) is 1. The Bertz CT molecular complexity index is 310. The van der Waals surface area contributed by atoms with Crippen molar-refractivity contribution >= 4 is 22.0 Å². The molecule has 70 valence electrons. The molecular weight excluding hydrogens is 233 g/mol. The number of hydrogen-bond donors (Lipinski definition) is 1. The normalized spacial score (nSPS) is 11.0. The molecule has 0 radical (unpaired) electrons. The van der Waals surface area contributed by atoms with Crippen LogP contribution < -0.4 is 5.32 Å². The highest BCUT2D eigenvalue weighted by molar-refractivity contribution is 9.10. The topological polar surface area (TPSA) is 12.0 Å². The van der Waals surface area contributed by atoms with Gasteiger partial charge in [0.1, 0.15) is 5.82 Å². The molecule has 0 fully saturated rings. The molecule has 1 aromatic carbocycles. The Morgan fingerprint density at radius 1 is 1.54 bits per heavy atom. The van der Waals surface area contributed by atoms with Crippen molar-refractivity contribution in [2.45, 2.75) is 0 Å². The second kappa shape index (κ2) is 5.14. The van der Waals surface area contributed by atoms with Gasteiger partial charge in [0.25, 0.3) is 0 Å². The van der Waals surface area contributed by atoms with Crippen LogP contribution in [0.1, 0.15) is 5.56 Å². The van der Waals surface area contributed by atoms with Gasteiger partial charge < -0.3 is 5.32 Å². The second-order valence-electron chi connectivity index (χ2n) is 2.63. The predicted molar refractivity (Wildman–Crippen MR) is 57.1 cm³/mol. The third-order valence-electron chi connectivity index (χ3n) is 1.58. The Labute approximate surface area is 85.8 Å². The molecule has 1 nitrogen and oxygen atoms in total. The van der Waals surface area contributed by atoms with Crippen molar-refractivity contribution in [2.24, 2.45) is 0 Å². The highest BCUT2D eigenvalue weighted by Crippen LogP contribution is 2.16. The van der Waals surface area contributed by atoms with Crippen LogP contribution in [0.3, 0.4) is 0 Å². The van der Waals surface area contributed by atoms with Crippen LogP contribution in [-0.4, -0.2) is 13.6 Å². The van der Waals surface area contributed by atoms with Crippen LogP contribution in [0, 0.1) is 5.82 Å². The van der Waals surface area contributed by atoms with E-state index in [-0.39, 0.29) is 5.82 Å². The smallest absolute Gasteiger partial charge is 0.137 e. The summed E-state index contributed by atoms with van der Waals surface area (Å²) in [5, 5.41) is 2.97. The minimum absolute atomic E-state index is 0.230. The number of nitrogens with one attached hydrogen (secondary N) is 1. The minimum atomic E-state index is -0.230. The molecule has 0 saturated heterocycles. The highest BCUT2D eigenvalue weighted by Gasteiger charge is 1.97. The van der Waals surface area contributed by atoms with Gasteiger partial charge in [0, 0.05) is 6.54 Å². The van der Waals surface area contributed by atoms with Crippen LogP contribution in [0.5, 0.6) is 0 Å². The first-order chi connectivity index (χ1) is 6.24. The molecule has 0 aliphatic heterocycles. The van der Waals surface area contributed by atoms with Crippen molar-refractivity contribution < 1.29 is 4.39 Å². The summed E-state index contributed by atoms with van der Waals surface area (Å²) in [6, 6.07) is 5.06. The average Bonchev–Trinajstić information content (AvgIpc) is 2.12. The fourth-order valence-electron chi connectivity index (χ4n) is 0.929. The summed E-state index contributed by atoms with van der Waals surface area (Å²) in [7, 11) is 1.87. The second-order valence-corrected chi connectivity index (χ2v) is 3.49. The summed E-state index contributed by atoms with van der Waals surface area (Å²) >= 11 is 3.10. The molecule has 0 atom stereocenters. The molecule has 1 aromatic rings. The Kier molecular flexibility index (Phi) is 4.12. The van der Waals surface area contributed by atoms with Gasteiger partial charge in [0.05, 0.1) is 4.47 Å². The van der Waals surface area contributed by atoms with Crippen LogP contribution in [-0.2, 0) is 0 Å². The molecule has 0 bridgehead atoms. The van der Waals surface area contributed by atoms with Gasteiger partial charge in [-0.25, -0.2) is 4.39 Å². The molecule has 1 N–H and O–H groups in total. The first kappa shape index (κ1) is 10.4. The van der Waals surface area contributed by atoms with Gasteiger partial charge in [-0.1, -0.05) is 18.2 Å². The van der Waals surface area contributed by atoms with Gasteiger partial charge in [-0.15, -0.1) is 0 Å². The summed E-state index contributed by atoms with van der Waals surface area (Å²) in [6.07, 6.45) is 3.83. The molecule has 0 saturated carbocycles. The van der Waals surface area contributed by atoms with E-state index in [0.29, 0.717) is 4.47 Å². The molecule has 1 rings (SSSR count). The highest BCUT2D eigenvalue weighted by atomic mass is 79.9. The zero-order chi connectivity index (χ0) is 9.68. The van der Waals surface area contributed by atoms with Gasteiger partial charge in [-0.3, -0.25) is 0 Å². The Morgan fingerprint density at radius 2 is 2.31 bits per heavy atom. The summed E-state index contributed by atoms with van der Waals surface area (Å²) in [6.45, 7) is 0.789. The van der Waals surface area contributed by atoms with Crippen LogP contribution in [0.2, 0.25) is 0 Å². The van der Waals surface area contributed by atoms with Crippen LogP contribution in [0.25, 0.3) is 6.08 Å². The van der Waals surface area contributed by atoms with Crippen molar-refractivity contribution in [2.75, 3.05) is 13.6 Å².